The lowest BCUT2D eigenvalue weighted by molar-refractivity contribution is -0.161. The number of amides is 2. The number of hydrogen-bond acceptors (Lipinski definition) is 4. The molecule has 3 aromatic rings. The van der Waals surface area contributed by atoms with Crippen molar-refractivity contribution in [1.82, 2.24) is 14.8 Å². The minimum absolute atomic E-state index is 0.00679. The molecule has 1 saturated heterocycles. The van der Waals surface area contributed by atoms with Gasteiger partial charge in [0.1, 0.15) is 12.6 Å². The molecule has 7 heteroatoms. The average Bonchev–Trinajstić information content (AvgIpc) is 3.29. The average molecular weight is 488 g/mol. The number of aromatic nitrogens is 1. The van der Waals surface area contributed by atoms with Crippen LogP contribution in [0.25, 0.3) is 10.9 Å². The van der Waals surface area contributed by atoms with Crippen LogP contribution in [0.2, 0.25) is 0 Å². The van der Waals surface area contributed by atoms with E-state index in [0.717, 1.165) is 53.4 Å². The molecule has 2 fully saturated rings. The number of hydrogen-bond donors (Lipinski definition) is 1. The lowest BCUT2D eigenvalue weighted by atomic mass is 9.85. The van der Waals surface area contributed by atoms with Crippen molar-refractivity contribution in [2.24, 2.45) is 0 Å². The Bertz CT molecular complexity index is 1310. The smallest absolute Gasteiger partial charge is 0.246 e. The predicted molar refractivity (Wildman–Crippen MR) is 137 cm³/mol. The van der Waals surface area contributed by atoms with E-state index in [1.807, 2.05) is 47.1 Å². The summed E-state index contributed by atoms with van der Waals surface area (Å²) in [5, 5.41) is 1.12. The van der Waals surface area contributed by atoms with E-state index >= 15 is 0 Å². The van der Waals surface area contributed by atoms with Gasteiger partial charge in [0, 0.05) is 29.1 Å². The maximum atomic E-state index is 14.0. The summed E-state index contributed by atoms with van der Waals surface area (Å²) in [6, 6.07) is 13.3. The number of carbonyl (C=O) groups is 2. The highest BCUT2D eigenvalue weighted by Gasteiger charge is 2.49. The molecule has 0 radical (unpaired) electrons. The van der Waals surface area contributed by atoms with Gasteiger partial charge in [0.25, 0.3) is 0 Å². The molecule has 2 aliphatic heterocycles. The van der Waals surface area contributed by atoms with Gasteiger partial charge in [-0.3, -0.25) is 9.59 Å². The summed E-state index contributed by atoms with van der Waals surface area (Å²) in [5.41, 5.74) is 4.02. The van der Waals surface area contributed by atoms with E-state index in [-0.39, 0.29) is 24.4 Å². The number of para-hydroxylation sites is 1. The Hall–Kier alpha value is -3.48. The first-order valence-corrected chi connectivity index (χ1v) is 13.1. The zero-order chi connectivity index (χ0) is 24.8. The van der Waals surface area contributed by atoms with E-state index in [0.29, 0.717) is 24.5 Å². The maximum Gasteiger partial charge on any atom is 0.246 e. The molecule has 1 aromatic heterocycles. The fraction of sp³-hybridized carbons (Fsp3) is 0.448. The molecule has 2 aromatic carbocycles. The van der Waals surface area contributed by atoms with Gasteiger partial charge in [0.2, 0.25) is 11.8 Å². The van der Waals surface area contributed by atoms with Gasteiger partial charge in [-0.05, 0) is 49.1 Å². The number of H-pyrrole nitrogens is 1. The highest BCUT2D eigenvalue weighted by Crippen LogP contribution is 2.44. The number of fused-ring (bicyclic) bond motifs is 4. The molecule has 2 atom stereocenters. The van der Waals surface area contributed by atoms with Crippen LogP contribution in [0.15, 0.2) is 42.5 Å². The number of aromatic amines is 1. The van der Waals surface area contributed by atoms with Crippen molar-refractivity contribution >= 4 is 22.7 Å². The maximum absolute atomic E-state index is 14.0. The second kappa shape index (κ2) is 9.19. The minimum Gasteiger partial charge on any atom is -0.493 e. The van der Waals surface area contributed by atoms with Crippen LogP contribution in [0.1, 0.15) is 61.9 Å². The summed E-state index contributed by atoms with van der Waals surface area (Å²) in [6.07, 6.45) is 5.96. The third-order valence-electron chi connectivity index (χ3n) is 8.11. The molecule has 188 valence electrons. The third-order valence-corrected chi connectivity index (χ3v) is 8.11. The number of nitrogens with zero attached hydrogens (tertiary/aromatic N) is 2. The number of piperazine rings is 1. The second-order valence-corrected chi connectivity index (χ2v) is 10.1. The van der Waals surface area contributed by atoms with E-state index in [2.05, 4.69) is 17.1 Å². The van der Waals surface area contributed by atoms with Gasteiger partial charge in [0.05, 0.1) is 19.8 Å². The fourth-order valence-corrected chi connectivity index (χ4v) is 6.46. The Kier molecular flexibility index (Phi) is 5.86. The first kappa shape index (κ1) is 23.0. The van der Waals surface area contributed by atoms with E-state index in [1.54, 1.807) is 7.11 Å². The van der Waals surface area contributed by atoms with Crippen LogP contribution in [-0.2, 0) is 16.0 Å². The number of rotatable bonds is 5. The Labute approximate surface area is 211 Å². The molecule has 0 spiro atoms. The number of methoxy groups -OCH3 is 1. The van der Waals surface area contributed by atoms with Crippen LogP contribution >= 0.6 is 0 Å². The molecule has 7 nitrogen and oxygen atoms in total. The van der Waals surface area contributed by atoms with Crippen LogP contribution < -0.4 is 9.47 Å². The Morgan fingerprint density at radius 3 is 2.61 bits per heavy atom. The van der Waals surface area contributed by atoms with E-state index in [4.69, 9.17) is 9.47 Å². The zero-order valence-corrected chi connectivity index (χ0v) is 21.0. The first-order chi connectivity index (χ1) is 17.6. The number of carbonyl (C=O) groups excluding carboxylic acids is 2. The molecular formula is C29H33N3O4. The fourth-order valence-electron chi connectivity index (χ4n) is 6.46. The molecule has 2 amide bonds. The Morgan fingerprint density at radius 2 is 1.83 bits per heavy atom. The highest BCUT2D eigenvalue weighted by atomic mass is 16.5. The molecule has 36 heavy (non-hydrogen) atoms. The molecule has 1 aliphatic carbocycles. The van der Waals surface area contributed by atoms with Crippen molar-refractivity contribution in [3.05, 3.63) is 59.3 Å². The van der Waals surface area contributed by atoms with E-state index < -0.39 is 12.1 Å². The van der Waals surface area contributed by atoms with Gasteiger partial charge in [0.15, 0.2) is 11.5 Å². The van der Waals surface area contributed by atoms with Gasteiger partial charge in [-0.15, -0.1) is 0 Å². The Morgan fingerprint density at radius 1 is 1.03 bits per heavy atom. The zero-order valence-electron chi connectivity index (χ0n) is 21.0. The van der Waals surface area contributed by atoms with Crippen molar-refractivity contribution in [3.63, 3.8) is 0 Å². The minimum atomic E-state index is -0.512. The summed E-state index contributed by atoms with van der Waals surface area (Å²) in [5.74, 6) is 1.37. The van der Waals surface area contributed by atoms with Crippen LogP contribution in [0.4, 0.5) is 0 Å². The summed E-state index contributed by atoms with van der Waals surface area (Å²) in [4.78, 5) is 35.1. The van der Waals surface area contributed by atoms with Crippen molar-refractivity contribution in [2.75, 3.05) is 20.3 Å². The third kappa shape index (κ3) is 3.64. The molecular weight excluding hydrogens is 454 g/mol. The van der Waals surface area contributed by atoms with Crippen LogP contribution in [0.5, 0.6) is 11.5 Å². The standard InChI is InChI=1S/C29H33N3O4/c1-3-36-24-14-13-18(15-25(24)35-2)28-27-21(20-11-7-8-12-22(20)30-27)16-23-29(34)31(17-26(33)32(23)28)19-9-5-4-6-10-19/h7-8,11-15,19,23,28,30H,3-6,9-10,16-17H2,1-2H3/t23-,28-/m0/s1. The van der Waals surface area contributed by atoms with E-state index in [1.165, 1.54) is 6.42 Å². The predicted octanol–water partition coefficient (Wildman–Crippen LogP) is 4.59. The van der Waals surface area contributed by atoms with Gasteiger partial charge >= 0.3 is 0 Å². The van der Waals surface area contributed by atoms with Crippen molar-refractivity contribution in [3.8, 4) is 11.5 Å². The van der Waals surface area contributed by atoms with Crippen molar-refractivity contribution in [1.29, 1.82) is 0 Å². The first-order valence-electron chi connectivity index (χ1n) is 13.1. The quantitative estimate of drug-likeness (QED) is 0.571. The van der Waals surface area contributed by atoms with Crippen LogP contribution in [0, 0.1) is 0 Å². The molecule has 3 heterocycles. The topological polar surface area (TPSA) is 74.9 Å². The summed E-state index contributed by atoms with van der Waals surface area (Å²) < 4.78 is 11.4. The van der Waals surface area contributed by atoms with Gasteiger partial charge < -0.3 is 24.3 Å². The monoisotopic (exact) mass is 487 g/mol. The molecule has 0 unspecified atom stereocenters. The van der Waals surface area contributed by atoms with Crippen LogP contribution in [0.3, 0.4) is 0 Å². The Balaban J connectivity index is 1.48. The SMILES string of the molecule is CCOc1ccc([C@H]2c3[nH]c4ccccc4c3C[C@H]3C(=O)N(C4CCCCC4)CC(=O)N23)cc1OC. The second-order valence-electron chi connectivity index (χ2n) is 10.1. The summed E-state index contributed by atoms with van der Waals surface area (Å²) in [6.45, 7) is 2.62. The molecule has 6 rings (SSSR count). The van der Waals surface area contributed by atoms with E-state index in [9.17, 15) is 9.59 Å². The molecule has 3 aliphatic rings. The van der Waals surface area contributed by atoms with Gasteiger partial charge in [-0.25, -0.2) is 0 Å². The highest BCUT2D eigenvalue weighted by molar-refractivity contribution is 5.98. The summed E-state index contributed by atoms with van der Waals surface area (Å²) in [7, 11) is 1.62. The van der Waals surface area contributed by atoms with Crippen molar-refractivity contribution in [2.45, 2.75) is 63.6 Å². The lowest BCUT2D eigenvalue weighted by Gasteiger charge is -2.49. The van der Waals surface area contributed by atoms with Crippen LogP contribution in [-0.4, -0.2) is 58.9 Å². The van der Waals surface area contributed by atoms with Gasteiger partial charge in [-0.1, -0.05) is 43.5 Å². The van der Waals surface area contributed by atoms with Crippen molar-refractivity contribution < 1.29 is 19.1 Å². The molecule has 1 saturated carbocycles. The number of nitrogens with one attached hydrogen (secondary N) is 1. The number of benzene rings is 2. The molecule has 0 bridgehead atoms. The number of ether oxygens (including phenoxy) is 2. The summed E-state index contributed by atoms with van der Waals surface area (Å²) >= 11 is 0. The van der Waals surface area contributed by atoms with Gasteiger partial charge in [-0.2, -0.15) is 0 Å². The normalized spacial score (nSPS) is 22.5. The lowest BCUT2D eigenvalue weighted by Crippen LogP contribution is -2.65. The molecule has 1 N–H and O–H groups in total. The largest absolute Gasteiger partial charge is 0.493 e.